The maximum Gasteiger partial charge on any atom is 0.101 e. The van der Waals surface area contributed by atoms with Gasteiger partial charge in [0.25, 0.3) is 0 Å². The summed E-state index contributed by atoms with van der Waals surface area (Å²) in [6.07, 6.45) is 1.63. The molecule has 0 unspecified atom stereocenters. The molecule has 0 aliphatic rings. The Bertz CT molecular complexity index is 548. The third kappa shape index (κ3) is 1.94. The molecule has 0 atom stereocenters. The third-order valence-electron chi connectivity index (χ3n) is 2.52. The Morgan fingerprint density at radius 2 is 1.81 bits per heavy atom. The molecule has 1 aromatic carbocycles. The summed E-state index contributed by atoms with van der Waals surface area (Å²) < 4.78 is 0. The molecule has 0 radical (unpaired) electrons. The van der Waals surface area contributed by atoms with Crippen molar-refractivity contribution in [1.29, 1.82) is 5.26 Å². The van der Waals surface area contributed by atoms with Crippen LogP contribution in [0.25, 0.3) is 11.1 Å². The minimum Gasteiger partial charge on any atom is -0.260 e. The van der Waals surface area contributed by atoms with E-state index in [1.165, 1.54) is 5.56 Å². The van der Waals surface area contributed by atoms with E-state index >= 15 is 0 Å². The summed E-state index contributed by atoms with van der Waals surface area (Å²) >= 11 is 0. The van der Waals surface area contributed by atoms with Crippen LogP contribution in [0.2, 0.25) is 0 Å². The molecular weight excluding hydrogens is 196 g/mol. The Labute approximate surface area is 95.2 Å². The highest BCUT2D eigenvalue weighted by Crippen LogP contribution is 2.23. The Hall–Kier alpha value is -2.14. The summed E-state index contributed by atoms with van der Waals surface area (Å²) in [5.74, 6) is 0. The Kier molecular flexibility index (Phi) is 2.70. The van der Waals surface area contributed by atoms with Crippen LogP contribution in [0.5, 0.6) is 0 Å². The van der Waals surface area contributed by atoms with Gasteiger partial charge in [0.05, 0.1) is 5.56 Å². The molecule has 0 saturated heterocycles. The van der Waals surface area contributed by atoms with Crippen molar-refractivity contribution in [1.82, 2.24) is 4.98 Å². The van der Waals surface area contributed by atoms with Gasteiger partial charge in [-0.05, 0) is 25.5 Å². The molecule has 2 rings (SSSR count). The van der Waals surface area contributed by atoms with E-state index in [1.807, 2.05) is 44.2 Å². The molecule has 2 aromatic rings. The number of aromatic nitrogens is 1. The average Bonchev–Trinajstić information content (AvgIpc) is 2.30. The third-order valence-corrected chi connectivity index (χ3v) is 2.52. The van der Waals surface area contributed by atoms with Crippen LogP contribution in [-0.2, 0) is 0 Å². The van der Waals surface area contributed by atoms with Crippen LogP contribution in [0.15, 0.2) is 36.5 Å². The van der Waals surface area contributed by atoms with E-state index in [0.717, 1.165) is 16.8 Å². The van der Waals surface area contributed by atoms with Crippen molar-refractivity contribution in [2.45, 2.75) is 13.8 Å². The number of rotatable bonds is 1. The van der Waals surface area contributed by atoms with Crippen LogP contribution in [-0.4, -0.2) is 4.98 Å². The molecule has 0 saturated carbocycles. The van der Waals surface area contributed by atoms with E-state index in [1.54, 1.807) is 6.20 Å². The van der Waals surface area contributed by atoms with Gasteiger partial charge in [-0.1, -0.05) is 29.8 Å². The van der Waals surface area contributed by atoms with Crippen molar-refractivity contribution in [2.24, 2.45) is 0 Å². The van der Waals surface area contributed by atoms with Gasteiger partial charge in [0.15, 0.2) is 0 Å². The normalized spacial score (nSPS) is 9.81. The zero-order valence-electron chi connectivity index (χ0n) is 9.36. The predicted octanol–water partition coefficient (Wildman–Crippen LogP) is 3.24. The molecule has 16 heavy (non-hydrogen) atoms. The van der Waals surface area contributed by atoms with E-state index < -0.39 is 0 Å². The number of hydrogen-bond donors (Lipinski definition) is 0. The number of nitrogens with zero attached hydrogens (tertiary/aromatic N) is 2. The first-order chi connectivity index (χ1) is 7.70. The van der Waals surface area contributed by atoms with Gasteiger partial charge >= 0.3 is 0 Å². The molecule has 0 fully saturated rings. The summed E-state index contributed by atoms with van der Waals surface area (Å²) in [5, 5.41) is 9.04. The number of nitriles is 1. The van der Waals surface area contributed by atoms with Gasteiger partial charge in [-0.2, -0.15) is 5.26 Å². The molecule has 0 aliphatic heterocycles. The first-order valence-electron chi connectivity index (χ1n) is 5.14. The molecule has 2 heteroatoms. The van der Waals surface area contributed by atoms with Crippen LogP contribution >= 0.6 is 0 Å². The molecular formula is C14H12N2. The highest BCUT2D eigenvalue weighted by molar-refractivity contribution is 5.70. The first-order valence-corrected chi connectivity index (χ1v) is 5.14. The molecule has 0 amide bonds. The molecule has 0 spiro atoms. The number of pyridine rings is 1. The van der Waals surface area contributed by atoms with Crippen LogP contribution < -0.4 is 0 Å². The highest BCUT2D eigenvalue weighted by atomic mass is 14.7. The van der Waals surface area contributed by atoms with E-state index in [4.69, 9.17) is 5.26 Å². The molecule has 78 valence electrons. The average molecular weight is 208 g/mol. The van der Waals surface area contributed by atoms with Crippen LogP contribution in [0, 0.1) is 25.2 Å². The van der Waals surface area contributed by atoms with Crippen LogP contribution in [0.3, 0.4) is 0 Å². The number of hydrogen-bond acceptors (Lipinski definition) is 2. The van der Waals surface area contributed by atoms with E-state index in [-0.39, 0.29) is 0 Å². The second kappa shape index (κ2) is 4.16. The van der Waals surface area contributed by atoms with Crippen molar-refractivity contribution in [3.63, 3.8) is 0 Å². The fourth-order valence-electron chi connectivity index (χ4n) is 1.62. The first kappa shape index (κ1) is 10.4. The van der Waals surface area contributed by atoms with E-state index in [9.17, 15) is 0 Å². The molecule has 1 aromatic heterocycles. The van der Waals surface area contributed by atoms with Gasteiger partial charge in [0.1, 0.15) is 6.07 Å². The molecule has 1 heterocycles. The van der Waals surface area contributed by atoms with Gasteiger partial charge in [-0.25, -0.2) is 0 Å². The number of aryl methyl sites for hydroxylation is 2. The van der Waals surface area contributed by atoms with Gasteiger partial charge in [-0.15, -0.1) is 0 Å². The Balaban J connectivity index is 2.59. The van der Waals surface area contributed by atoms with Crippen LogP contribution in [0.1, 0.15) is 16.8 Å². The predicted molar refractivity (Wildman–Crippen MR) is 63.9 cm³/mol. The summed E-state index contributed by atoms with van der Waals surface area (Å²) in [4.78, 5) is 4.13. The summed E-state index contributed by atoms with van der Waals surface area (Å²) in [5.41, 5.74) is 4.78. The fraction of sp³-hybridized carbons (Fsp3) is 0.143. The maximum atomic E-state index is 9.04. The van der Waals surface area contributed by atoms with Crippen molar-refractivity contribution in [2.75, 3.05) is 0 Å². The van der Waals surface area contributed by atoms with Crippen molar-refractivity contribution in [3.8, 4) is 17.2 Å². The summed E-state index contributed by atoms with van der Waals surface area (Å²) in [6, 6.07) is 12.3. The van der Waals surface area contributed by atoms with Gasteiger partial charge in [0, 0.05) is 17.5 Å². The molecule has 2 nitrogen and oxygen atoms in total. The minimum absolute atomic E-state index is 0.620. The molecule has 0 bridgehead atoms. The highest BCUT2D eigenvalue weighted by Gasteiger charge is 2.05. The lowest BCUT2D eigenvalue weighted by atomic mass is 10.0. The standard InChI is InChI=1S/C14H12N2/c1-10-3-5-12(6-4-10)14-7-11(2)16-9-13(14)8-15/h3-7,9H,1-2H3. The SMILES string of the molecule is Cc1ccc(-c2cc(C)ncc2C#N)cc1. The summed E-state index contributed by atoms with van der Waals surface area (Å²) in [7, 11) is 0. The van der Waals surface area contributed by atoms with E-state index in [2.05, 4.69) is 11.1 Å². The molecule has 0 aliphatic carbocycles. The van der Waals surface area contributed by atoms with Gasteiger partial charge in [0.2, 0.25) is 0 Å². The van der Waals surface area contributed by atoms with Crippen LogP contribution in [0.4, 0.5) is 0 Å². The van der Waals surface area contributed by atoms with Gasteiger partial charge in [-0.3, -0.25) is 4.98 Å². The van der Waals surface area contributed by atoms with Crippen molar-refractivity contribution < 1.29 is 0 Å². The zero-order valence-corrected chi connectivity index (χ0v) is 9.36. The van der Waals surface area contributed by atoms with E-state index in [0.29, 0.717) is 5.56 Å². The Morgan fingerprint density at radius 3 is 2.44 bits per heavy atom. The zero-order chi connectivity index (χ0) is 11.5. The smallest absolute Gasteiger partial charge is 0.101 e. The maximum absolute atomic E-state index is 9.04. The molecule has 0 N–H and O–H groups in total. The van der Waals surface area contributed by atoms with Crippen molar-refractivity contribution in [3.05, 3.63) is 53.3 Å². The Morgan fingerprint density at radius 1 is 1.12 bits per heavy atom. The largest absolute Gasteiger partial charge is 0.260 e. The quantitative estimate of drug-likeness (QED) is 0.721. The lowest BCUT2D eigenvalue weighted by molar-refractivity contribution is 1.19. The lowest BCUT2D eigenvalue weighted by Crippen LogP contribution is -1.89. The minimum atomic E-state index is 0.620. The lowest BCUT2D eigenvalue weighted by Gasteiger charge is -2.05. The number of benzene rings is 1. The topological polar surface area (TPSA) is 36.7 Å². The van der Waals surface area contributed by atoms with Gasteiger partial charge < -0.3 is 0 Å². The van der Waals surface area contributed by atoms with Crippen molar-refractivity contribution >= 4 is 0 Å². The second-order valence-corrected chi connectivity index (χ2v) is 3.85. The second-order valence-electron chi connectivity index (χ2n) is 3.85. The monoisotopic (exact) mass is 208 g/mol. The fourth-order valence-corrected chi connectivity index (χ4v) is 1.62. The summed E-state index contributed by atoms with van der Waals surface area (Å²) in [6.45, 7) is 3.98.